The zero-order valence-corrected chi connectivity index (χ0v) is 12.3. The van der Waals surface area contributed by atoms with Crippen molar-refractivity contribution in [2.45, 2.75) is 38.3 Å². The Morgan fingerprint density at radius 3 is 3.00 bits per heavy atom. The average Bonchev–Trinajstić information content (AvgIpc) is 2.40. The Morgan fingerprint density at radius 2 is 2.26 bits per heavy atom. The number of hydrogen-bond acceptors (Lipinski definition) is 3. The molecule has 0 radical (unpaired) electrons. The van der Waals surface area contributed by atoms with E-state index in [-0.39, 0.29) is 0 Å². The van der Waals surface area contributed by atoms with Crippen LogP contribution in [0.15, 0.2) is 24.3 Å². The summed E-state index contributed by atoms with van der Waals surface area (Å²) in [4.78, 5) is 2.48. The van der Waals surface area contributed by atoms with E-state index >= 15 is 0 Å². The minimum absolute atomic E-state index is 0.506. The molecule has 1 heterocycles. The van der Waals surface area contributed by atoms with Gasteiger partial charge in [-0.25, -0.2) is 0 Å². The van der Waals surface area contributed by atoms with Gasteiger partial charge in [-0.3, -0.25) is 4.90 Å². The molecule has 106 valence electrons. The topological polar surface area (TPSA) is 38.5 Å². The first-order valence-electron chi connectivity index (χ1n) is 7.05. The van der Waals surface area contributed by atoms with Crippen molar-refractivity contribution in [1.29, 1.82) is 0 Å². The van der Waals surface area contributed by atoms with Crippen LogP contribution >= 0.6 is 11.6 Å². The molecule has 1 aromatic rings. The van der Waals surface area contributed by atoms with Crippen molar-refractivity contribution in [3.63, 3.8) is 0 Å². The van der Waals surface area contributed by atoms with Crippen molar-refractivity contribution in [3.05, 3.63) is 29.3 Å². The van der Waals surface area contributed by atoms with E-state index in [1.54, 1.807) is 0 Å². The molecule has 1 fully saturated rings. The fourth-order valence-electron chi connectivity index (χ4n) is 2.82. The Morgan fingerprint density at radius 1 is 1.42 bits per heavy atom. The highest BCUT2D eigenvalue weighted by atomic mass is 35.5. The van der Waals surface area contributed by atoms with E-state index in [1.165, 1.54) is 19.3 Å². The molecule has 1 aromatic carbocycles. The molecule has 0 bridgehead atoms. The monoisotopic (exact) mass is 282 g/mol. The lowest BCUT2D eigenvalue weighted by Crippen LogP contribution is -2.50. The van der Waals surface area contributed by atoms with Crippen LogP contribution in [0.3, 0.4) is 0 Å². The van der Waals surface area contributed by atoms with Crippen LogP contribution in [0.5, 0.6) is 5.75 Å². The molecule has 1 aliphatic heterocycles. The summed E-state index contributed by atoms with van der Waals surface area (Å²) in [6.07, 6.45) is 3.75. The molecule has 0 aromatic heterocycles. The maximum atomic E-state index is 5.93. The van der Waals surface area contributed by atoms with E-state index < -0.39 is 0 Å². The highest BCUT2D eigenvalue weighted by Crippen LogP contribution is 2.22. The predicted molar refractivity (Wildman–Crippen MR) is 79.8 cm³/mol. The van der Waals surface area contributed by atoms with Gasteiger partial charge in [-0.1, -0.05) is 24.1 Å². The maximum absolute atomic E-state index is 5.93. The summed E-state index contributed by atoms with van der Waals surface area (Å²) in [6.45, 7) is 4.62. The number of halogens is 1. The van der Waals surface area contributed by atoms with E-state index in [0.29, 0.717) is 23.7 Å². The summed E-state index contributed by atoms with van der Waals surface area (Å²) in [5.74, 6) is 0.835. The number of likely N-dealkylation sites (tertiary alicyclic amines) is 1. The van der Waals surface area contributed by atoms with Crippen LogP contribution in [0.2, 0.25) is 5.02 Å². The Bertz CT molecular complexity index is 399. The molecule has 2 unspecified atom stereocenters. The summed E-state index contributed by atoms with van der Waals surface area (Å²) < 4.78 is 5.76. The molecule has 2 atom stereocenters. The largest absolute Gasteiger partial charge is 0.492 e. The van der Waals surface area contributed by atoms with Gasteiger partial charge in [0.2, 0.25) is 0 Å². The van der Waals surface area contributed by atoms with E-state index in [2.05, 4.69) is 11.8 Å². The highest BCUT2D eigenvalue weighted by molar-refractivity contribution is 6.30. The standard InChI is InChI=1S/C15H23ClN2O/c1-12-4-2-6-14(11-17)18(12)8-9-19-15-7-3-5-13(16)10-15/h3,5,7,10,12,14H,2,4,6,8-9,11,17H2,1H3. The number of benzene rings is 1. The molecule has 1 saturated heterocycles. The number of nitrogens with two attached hydrogens (primary N) is 1. The van der Waals surface area contributed by atoms with Crippen LogP contribution in [0.25, 0.3) is 0 Å². The van der Waals surface area contributed by atoms with E-state index in [9.17, 15) is 0 Å². The molecule has 3 nitrogen and oxygen atoms in total. The first kappa shape index (κ1) is 14.6. The molecule has 1 aliphatic rings. The fraction of sp³-hybridized carbons (Fsp3) is 0.600. The molecule has 2 rings (SSSR count). The highest BCUT2D eigenvalue weighted by Gasteiger charge is 2.26. The summed E-state index contributed by atoms with van der Waals surface area (Å²) in [5.41, 5.74) is 5.86. The number of piperidine rings is 1. The minimum Gasteiger partial charge on any atom is -0.492 e. The molecule has 0 amide bonds. The number of rotatable bonds is 5. The van der Waals surface area contributed by atoms with Crippen molar-refractivity contribution in [2.75, 3.05) is 19.7 Å². The lowest BCUT2D eigenvalue weighted by molar-refractivity contribution is 0.0799. The zero-order chi connectivity index (χ0) is 13.7. The zero-order valence-electron chi connectivity index (χ0n) is 11.5. The van der Waals surface area contributed by atoms with Crippen molar-refractivity contribution in [1.82, 2.24) is 4.90 Å². The second kappa shape index (κ2) is 7.13. The SMILES string of the molecule is CC1CCCC(CN)N1CCOc1cccc(Cl)c1. The van der Waals surface area contributed by atoms with Gasteiger partial charge in [-0.05, 0) is 38.0 Å². The van der Waals surface area contributed by atoms with Crippen LogP contribution in [-0.2, 0) is 0 Å². The van der Waals surface area contributed by atoms with Gasteiger partial charge >= 0.3 is 0 Å². The van der Waals surface area contributed by atoms with Gasteiger partial charge in [0.1, 0.15) is 12.4 Å². The smallest absolute Gasteiger partial charge is 0.120 e. The van der Waals surface area contributed by atoms with Crippen LogP contribution in [-0.4, -0.2) is 36.7 Å². The first-order valence-corrected chi connectivity index (χ1v) is 7.42. The summed E-state index contributed by atoms with van der Waals surface area (Å²) in [6, 6.07) is 8.65. The molecule has 0 saturated carbocycles. The molecule has 4 heteroatoms. The van der Waals surface area contributed by atoms with Crippen LogP contribution in [0.4, 0.5) is 0 Å². The minimum atomic E-state index is 0.506. The lowest BCUT2D eigenvalue weighted by atomic mass is 9.96. The Balaban J connectivity index is 1.83. The summed E-state index contributed by atoms with van der Waals surface area (Å²) >= 11 is 5.93. The van der Waals surface area contributed by atoms with Crippen LogP contribution in [0, 0.1) is 0 Å². The maximum Gasteiger partial charge on any atom is 0.120 e. The molecule has 2 N–H and O–H groups in total. The Kier molecular flexibility index (Phi) is 5.49. The van der Waals surface area contributed by atoms with Gasteiger partial charge < -0.3 is 10.5 Å². The van der Waals surface area contributed by atoms with Gasteiger partial charge in [0, 0.05) is 30.2 Å². The van der Waals surface area contributed by atoms with Gasteiger partial charge in [-0.15, -0.1) is 0 Å². The second-order valence-corrected chi connectivity index (χ2v) is 5.65. The van der Waals surface area contributed by atoms with Gasteiger partial charge in [0.15, 0.2) is 0 Å². The summed E-state index contributed by atoms with van der Waals surface area (Å²) in [7, 11) is 0. The molecular formula is C15H23ClN2O. The lowest BCUT2D eigenvalue weighted by Gasteiger charge is -2.40. The number of nitrogens with zero attached hydrogens (tertiary/aromatic N) is 1. The van der Waals surface area contributed by atoms with Gasteiger partial charge in [-0.2, -0.15) is 0 Å². The van der Waals surface area contributed by atoms with Gasteiger partial charge in [0.25, 0.3) is 0 Å². The van der Waals surface area contributed by atoms with E-state index in [1.807, 2.05) is 24.3 Å². The third kappa shape index (κ3) is 4.10. The molecule has 19 heavy (non-hydrogen) atoms. The third-order valence-electron chi connectivity index (χ3n) is 3.88. The number of ether oxygens (including phenoxy) is 1. The Hall–Kier alpha value is -0.770. The molecule has 0 aliphatic carbocycles. The quantitative estimate of drug-likeness (QED) is 0.902. The average molecular weight is 283 g/mol. The van der Waals surface area contributed by atoms with Gasteiger partial charge in [0.05, 0.1) is 0 Å². The van der Waals surface area contributed by atoms with Crippen molar-refractivity contribution >= 4 is 11.6 Å². The first-order chi connectivity index (χ1) is 9.20. The fourth-order valence-corrected chi connectivity index (χ4v) is 3.00. The van der Waals surface area contributed by atoms with Crippen molar-refractivity contribution in [3.8, 4) is 5.75 Å². The third-order valence-corrected chi connectivity index (χ3v) is 4.12. The number of hydrogen-bond donors (Lipinski definition) is 1. The normalized spacial score (nSPS) is 24.4. The van der Waals surface area contributed by atoms with E-state index in [0.717, 1.165) is 18.8 Å². The predicted octanol–water partition coefficient (Wildman–Crippen LogP) is 2.92. The van der Waals surface area contributed by atoms with Crippen molar-refractivity contribution in [2.24, 2.45) is 5.73 Å². The second-order valence-electron chi connectivity index (χ2n) is 5.21. The van der Waals surface area contributed by atoms with Crippen molar-refractivity contribution < 1.29 is 4.74 Å². The van der Waals surface area contributed by atoms with Crippen LogP contribution in [0.1, 0.15) is 26.2 Å². The molecule has 0 spiro atoms. The summed E-state index contributed by atoms with van der Waals surface area (Å²) in [5, 5.41) is 0.712. The van der Waals surface area contributed by atoms with E-state index in [4.69, 9.17) is 22.1 Å². The molecular weight excluding hydrogens is 260 g/mol. The Labute approximate surface area is 120 Å². The van der Waals surface area contributed by atoms with Crippen LogP contribution < -0.4 is 10.5 Å².